The van der Waals surface area contributed by atoms with Gasteiger partial charge in [-0.1, -0.05) is 0 Å². The minimum absolute atomic E-state index is 0.274. The van der Waals surface area contributed by atoms with Gasteiger partial charge in [0.1, 0.15) is 17.8 Å². The van der Waals surface area contributed by atoms with E-state index in [-0.39, 0.29) is 5.69 Å². The molecule has 11 heteroatoms. The molecule has 0 bridgehead atoms. The number of rotatable bonds is 7. The lowest BCUT2D eigenvalue weighted by molar-refractivity contribution is -0.130. The van der Waals surface area contributed by atoms with Crippen molar-refractivity contribution in [2.75, 3.05) is 16.8 Å². The maximum Gasteiger partial charge on any atom is 0.390 e. The molecule has 2 aromatic rings. The van der Waals surface area contributed by atoms with Crippen molar-refractivity contribution in [3.05, 3.63) is 42.9 Å². The molecule has 0 aliphatic carbocycles. The van der Waals surface area contributed by atoms with Crippen LogP contribution >= 0.6 is 0 Å². The summed E-state index contributed by atoms with van der Waals surface area (Å²) in [6.45, 7) is 0. The molecule has 0 saturated carbocycles. The number of anilines is 1. The van der Waals surface area contributed by atoms with Crippen molar-refractivity contribution in [3.8, 4) is 11.6 Å². The Labute approximate surface area is 147 Å². The standard InChI is InChI=1S/C15H14F3N3O4S/c16-15(17,18)6-8-26(23,24)9-13(22)21-11-1-3-12(4-2-11)25-14-5-7-19-10-20-14/h1-5,7,10H,6,8-9H2,(H,21,22). The molecule has 0 radical (unpaired) electrons. The van der Waals surface area contributed by atoms with Gasteiger partial charge in [0, 0.05) is 18.0 Å². The van der Waals surface area contributed by atoms with Crippen LogP contribution in [0.5, 0.6) is 11.6 Å². The highest BCUT2D eigenvalue weighted by Crippen LogP contribution is 2.22. The average Bonchev–Trinajstić information content (AvgIpc) is 2.55. The Morgan fingerprint density at radius 2 is 1.85 bits per heavy atom. The van der Waals surface area contributed by atoms with Crippen molar-refractivity contribution >= 4 is 21.4 Å². The van der Waals surface area contributed by atoms with E-state index in [4.69, 9.17) is 4.74 Å². The van der Waals surface area contributed by atoms with Gasteiger partial charge in [-0.3, -0.25) is 4.79 Å². The summed E-state index contributed by atoms with van der Waals surface area (Å²) in [5.74, 6) is -2.35. The van der Waals surface area contributed by atoms with Gasteiger partial charge in [-0.25, -0.2) is 18.4 Å². The van der Waals surface area contributed by atoms with E-state index < -0.39 is 39.8 Å². The maximum atomic E-state index is 12.1. The van der Waals surface area contributed by atoms with Crippen molar-refractivity contribution in [1.29, 1.82) is 0 Å². The summed E-state index contributed by atoms with van der Waals surface area (Å²) in [5.41, 5.74) is 0.274. The molecule has 7 nitrogen and oxygen atoms in total. The molecule has 1 aromatic heterocycles. The van der Waals surface area contributed by atoms with Crippen LogP contribution in [-0.4, -0.2) is 42.0 Å². The number of halogens is 3. The minimum Gasteiger partial charge on any atom is -0.439 e. The molecule has 0 atom stereocenters. The van der Waals surface area contributed by atoms with Crippen LogP contribution < -0.4 is 10.1 Å². The fourth-order valence-corrected chi connectivity index (χ4v) is 2.96. The van der Waals surface area contributed by atoms with E-state index in [1.165, 1.54) is 36.8 Å². The number of benzene rings is 1. The fraction of sp³-hybridized carbons (Fsp3) is 0.267. The number of alkyl halides is 3. The van der Waals surface area contributed by atoms with Crippen LogP contribution in [0.4, 0.5) is 18.9 Å². The first-order valence-electron chi connectivity index (χ1n) is 7.24. The maximum absolute atomic E-state index is 12.1. The van der Waals surface area contributed by atoms with Gasteiger partial charge in [0.25, 0.3) is 0 Å². The van der Waals surface area contributed by atoms with Crippen LogP contribution in [-0.2, 0) is 14.6 Å². The molecule has 1 N–H and O–H groups in total. The summed E-state index contributed by atoms with van der Waals surface area (Å²) in [5, 5.41) is 2.31. The van der Waals surface area contributed by atoms with Gasteiger partial charge >= 0.3 is 6.18 Å². The van der Waals surface area contributed by atoms with Gasteiger partial charge in [-0.15, -0.1) is 0 Å². The van der Waals surface area contributed by atoms with Crippen molar-refractivity contribution < 1.29 is 31.1 Å². The number of carbonyl (C=O) groups excluding carboxylic acids is 1. The zero-order chi connectivity index (χ0) is 19.2. The highest BCUT2D eigenvalue weighted by Gasteiger charge is 2.30. The summed E-state index contributed by atoms with van der Waals surface area (Å²) in [7, 11) is -4.15. The highest BCUT2D eigenvalue weighted by molar-refractivity contribution is 7.92. The number of ether oxygens (including phenoxy) is 1. The Hall–Kier alpha value is -2.69. The lowest BCUT2D eigenvalue weighted by Gasteiger charge is -2.09. The predicted octanol–water partition coefficient (Wildman–Crippen LogP) is 2.57. The summed E-state index contributed by atoms with van der Waals surface area (Å²) in [6.07, 6.45) is -3.28. The highest BCUT2D eigenvalue weighted by atomic mass is 32.2. The summed E-state index contributed by atoms with van der Waals surface area (Å²) < 4.78 is 64.7. The van der Waals surface area contributed by atoms with Gasteiger partial charge in [-0.2, -0.15) is 13.2 Å². The molecule has 0 unspecified atom stereocenters. The van der Waals surface area contributed by atoms with E-state index in [0.29, 0.717) is 11.6 Å². The number of nitrogens with one attached hydrogen (secondary N) is 1. The van der Waals surface area contributed by atoms with Gasteiger partial charge < -0.3 is 10.1 Å². The van der Waals surface area contributed by atoms with Gasteiger partial charge in [0.15, 0.2) is 9.84 Å². The van der Waals surface area contributed by atoms with Crippen molar-refractivity contribution in [1.82, 2.24) is 9.97 Å². The summed E-state index contributed by atoms with van der Waals surface area (Å²) in [4.78, 5) is 19.3. The van der Waals surface area contributed by atoms with E-state index in [2.05, 4.69) is 15.3 Å². The molecule has 0 aliphatic heterocycles. The molecule has 1 heterocycles. The smallest absolute Gasteiger partial charge is 0.390 e. The van der Waals surface area contributed by atoms with Crippen molar-refractivity contribution in [2.24, 2.45) is 0 Å². The zero-order valence-corrected chi connectivity index (χ0v) is 14.0. The van der Waals surface area contributed by atoms with Crippen LogP contribution in [0.1, 0.15) is 6.42 Å². The van der Waals surface area contributed by atoms with Gasteiger partial charge in [0.2, 0.25) is 11.8 Å². The molecular formula is C15H14F3N3O4S. The average molecular weight is 389 g/mol. The second-order valence-corrected chi connectivity index (χ2v) is 7.36. The minimum atomic E-state index is -4.59. The molecule has 0 spiro atoms. The molecule has 0 saturated heterocycles. The Morgan fingerprint density at radius 3 is 2.42 bits per heavy atom. The first-order valence-corrected chi connectivity index (χ1v) is 9.06. The van der Waals surface area contributed by atoms with Crippen LogP contribution in [0.3, 0.4) is 0 Å². The molecule has 0 aliphatic rings. The van der Waals surface area contributed by atoms with Crippen LogP contribution in [0, 0.1) is 0 Å². The van der Waals surface area contributed by atoms with E-state index in [0.717, 1.165) is 0 Å². The first kappa shape index (κ1) is 19.6. The second kappa shape index (κ2) is 8.13. The van der Waals surface area contributed by atoms with E-state index in [1.54, 1.807) is 6.07 Å². The normalized spacial score (nSPS) is 11.8. The van der Waals surface area contributed by atoms with Crippen molar-refractivity contribution in [3.63, 3.8) is 0 Å². The zero-order valence-electron chi connectivity index (χ0n) is 13.2. The number of nitrogens with zero attached hydrogens (tertiary/aromatic N) is 2. The lowest BCUT2D eigenvalue weighted by Crippen LogP contribution is -2.26. The van der Waals surface area contributed by atoms with Crippen LogP contribution in [0.25, 0.3) is 0 Å². The van der Waals surface area contributed by atoms with E-state index >= 15 is 0 Å². The topological polar surface area (TPSA) is 98.2 Å². The molecule has 140 valence electrons. The fourth-order valence-electron chi connectivity index (χ4n) is 1.81. The van der Waals surface area contributed by atoms with E-state index in [1.807, 2.05) is 0 Å². The third-order valence-corrected chi connectivity index (χ3v) is 4.49. The number of hydrogen-bond acceptors (Lipinski definition) is 6. The Morgan fingerprint density at radius 1 is 1.15 bits per heavy atom. The number of hydrogen-bond donors (Lipinski definition) is 1. The van der Waals surface area contributed by atoms with Crippen molar-refractivity contribution in [2.45, 2.75) is 12.6 Å². The Balaban J connectivity index is 1.89. The molecule has 2 rings (SSSR count). The first-order chi connectivity index (χ1) is 12.1. The third-order valence-electron chi connectivity index (χ3n) is 2.96. The molecule has 26 heavy (non-hydrogen) atoms. The third kappa shape index (κ3) is 7.05. The predicted molar refractivity (Wildman–Crippen MR) is 86.5 cm³/mol. The molecule has 1 aromatic carbocycles. The van der Waals surface area contributed by atoms with Crippen LogP contribution in [0.2, 0.25) is 0 Å². The van der Waals surface area contributed by atoms with Gasteiger partial charge in [0.05, 0.1) is 12.2 Å². The van der Waals surface area contributed by atoms with Crippen LogP contribution in [0.15, 0.2) is 42.9 Å². The monoisotopic (exact) mass is 389 g/mol. The quantitative estimate of drug-likeness (QED) is 0.782. The SMILES string of the molecule is O=C(CS(=O)(=O)CCC(F)(F)F)Nc1ccc(Oc2ccncn2)cc1. The Bertz CT molecular complexity index is 841. The van der Waals surface area contributed by atoms with Gasteiger partial charge in [-0.05, 0) is 24.3 Å². The van der Waals surface area contributed by atoms with E-state index in [9.17, 15) is 26.4 Å². The number of amides is 1. The number of carbonyl (C=O) groups is 1. The number of aromatic nitrogens is 2. The molecule has 0 fully saturated rings. The molecular weight excluding hydrogens is 375 g/mol. The summed E-state index contributed by atoms with van der Waals surface area (Å²) in [6, 6.07) is 7.47. The molecule has 1 amide bonds. The number of sulfone groups is 1. The summed E-state index contributed by atoms with van der Waals surface area (Å²) >= 11 is 0. The largest absolute Gasteiger partial charge is 0.439 e. The lowest BCUT2D eigenvalue weighted by atomic mass is 10.3. The second-order valence-electron chi connectivity index (χ2n) is 5.18. The Kier molecular flexibility index (Phi) is 6.14.